The molecule has 2 aromatic rings. The molecule has 3 heterocycles. The minimum Gasteiger partial charge on any atom is -0.494 e. The molecular weight excluding hydrogens is 401 g/mol. The smallest absolute Gasteiger partial charge is 0.341 e. The normalized spacial score (nSPS) is 24.2. The Hall–Kier alpha value is -2.45. The maximum Gasteiger partial charge on any atom is 0.341 e. The monoisotopic (exact) mass is 429 g/mol. The van der Waals surface area contributed by atoms with Crippen LogP contribution >= 0.6 is 0 Å². The van der Waals surface area contributed by atoms with E-state index in [-0.39, 0.29) is 17.0 Å². The van der Waals surface area contributed by atoms with Crippen LogP contribution in [0.3, 0.4) is 0 Å². The van der Waals surface area contributed by atoms with E-state index in [2.05, 4.69) is 10.2 Å². The van der Waals surface area contributed by atoms with E-state index in [1.54, 1.807) is 4.57 Å². The first-order valence-corrected chi connectivity index (χ1v) is 11.1. The van der Waals surface area contributed by atoms with E-state index >= 15 is 4.39 Å². The summed E-state index contributed by atoms with van der Waals surface area (Å²) < 4.78 is 22.8. The number of piperidine rings is 2. The zero-order chi connectivity index (χ0) is 21.7. The highest BCUT2D eigenvalue weighted by Gasteiger charge is 2.33. The van der Waals surface area contributed by atoms with Crippen LogP contribution in [0.4, 0.5) is 4.39 Å². The van der Waals surface area contributed by atoms with Crippen LogP contribution in [-0.2, 0) is 6.54 Å². The third-order valence-corrected chi connectivity index (χ3v) is 7.07. The number of rotatable bonds is 5. The van der Waals surface area contributed by atoms with Crippen molar-refractivity contribution in [2.45, 2.75) is 50.7 Å². The van der Waals surface area contributed by atoms with Crippen molar-refractivity contribution < 1.29 is 19.0 Å². The summed E-state index contributed by atoms with van der Waals surface area (Å²) in [5.41, 5.74) is -0.0716. The first-order chi connectivity index (χ1) is 15.0. The molecule has 1 aromatic heterocycles. The molecule has 8 heteroatoms. The number of pyridine rings is 1. The highest BCUT2D eigenvalue weighted by Crippen LogP contribution is 2.41. The van der Waals surface area contributed by atoms with Gasteiger partial charge in [0.25, 0.3) is 0 Å². The van der Waals surface area contributed by atoms with Gasteiger partial charge in [-0.2, -0.15) is 0 Å². The molecule has 2 atom stereocenters. The molecule has 1 saturated carbocycles. The molecule has 31 heavy (non-hydrogen) atoms. The number of fused-ring (bicyclic) bond motifs is 2. The van der Waals surface area contributed by atoms with E-state index in [1.807, 2.05) is 0 Å². The van der Waals surface area contributed by atoms with Gasteiger partial charge in [0.2, 0.25) is 5.43 Å². The van der Waals surface area contributed by atoms with Crippen LogP contribution in [0.2, 0.25) is 0 Å². The second-order valence-corrected chi connectivity index (χ2v) is 9.07. The van der Waals surface area contributed by atoms with E-state index in [0.717, 1.165) is 38.9 Å². The van der Waals surface area contributed by atoms with E-state index in [9.17, 15) is 14.7 Å². The number of methoxy groups -OCH3 is 1. The zero-order valence-corrected chi connectivity index (χ0v) is 17.7. The topological polar surface area (TPSA) is 83.8 Å². The largest absolute Gasteiger partial charge is 0.494 e. The number of benzene rings is 1. The van der Waals surface area contributed by atoms with E-state index in [4.69, 9.17) is 4.74 Å². The average molecular weight is 429 g/mol. The van der Waals surface area contributed by atoms with Crippen LogP contribution < -0.4 is 15.5 Å². The van der Waals surface area contributed by atoms with Crippen LogP contribution in [0.25, 0.3) is 10.9 Å². The van der Waals surface area contributed by atoms with Crippen molar-refractivity contribution in [3.63, 3.8) is 0 Å². The van der Waals surface area contributed by atoms with Crippen LogP contribution in [0.1, 0.15) is 54.1 Å². The Morgan fingerprint density at radius 3 is 2.84 bits per heavy atom. The summed E-state index contributed by atoms with van der Waals surface area (Å²) in [6.45, 7) is 3.19. The molecule has 3 aliphatic rings. The minimum absolute atomic E-state index is 0.0672. The number of hydrogen-bond donors (Lipinski definition) is 2. The van der Waals surface area contributed by atoms with Crippen molar-refractivity contribution >= 4 is 16.9 Å². The minimum atomic E-state index is -1.30. The standard InChI is InChI=1S/C23H28FN3O4/c1-31-22-16(10-26-8-6-13-3-2-7-25-19(13)12-26)18(24)9-15-20(22)27(14-4-5-14)11-17(21(15)28)23(29)30/h9,11,13-14,19,25H,2-8,10,12H2,1H3,(H,29,30)/t13-,19-/m0/s1. The Morgan fingerprint density at radius 1 is 1.32 bits per heavy atom. The molecule has 0 spiro atoms. The van der Waals surface area contributed by atoms with Gasteiger partial charge in [0.05, 0.1) is 18.0 Å². The number of nitrogens with one attached hydrogen (secondary N) is 1. The molecule has 5 rings (SSSR count). The number of aromatic carboxylic acids is 1. The van der Waals surface area contributed by atoms with E-state index in [1.165, 1.54) is 32.2 Å². The van der Waals surface area contributed by atoms with Gasteiger partial charge in [-0.3, -0.25) is 9.69 Å². The molecular formula is C23H28FN3O4. The highest BCUT2D eigenvalue weighted by atomic mass is 19.1. The number of carboxylic acids is 1. The van der Waals surface area contributed by atoms with Crippen LogP contribution in [0, 0.1) is 11.7 Å². The summed E-state index contributed by atoms with van der Waals surface area (Å²) in [5, 5.41) is 13.1. The summed E-state index contributed by atoms with van der Waals surface area (Å²) in [6.07, 6.45) is 6.74. The number of halogens is 1. The van der Waals surface area contributed by atoms with Gasteiger partial charge in [-0.15, -0.1) is 0 Å². The quantitative estimate of drug-likeness (QED) is 0.761. The van der Waals surface area contributed by atoms with E-state index in [0.29, 0.717) is 35.3 Å². The van der Waals surface area contributed by atoms with Crippen molar-refractivity contribution in [2.75, 3.05) is 26.7 Å². The number of aromatic nitrogens is 1. The van der Waals surface area contributed by atoms with Crippen LogP contribution in [-0.4, -0.2) is 53.3 Å². The number of carboxylic acid groups (broad SMARTS) is 1. The van der Waals surface area contributed by atoms with Crippen molar-refractivity contribution in [3.8, 4) is 5.75 Å². The molecule has 3 fully saturated rings. The van der Waals surface area contributed by atoms with Gasteiger partial charge in [-0.05, 0) is 57.2 Å². The summed E-state index contributed by atoms with van der Waals surface area (Å²) in [6, 6.07) is 1.74. The fourth-order valence-electron chi connectivity index (χ4n) is 5.32. The lowest BCUT2D eigenvalue weighted by atomic mass is 9.85. The van der Waals surface area contributed by atoms with Gasteiger partial charge >= 0.3 is 5.97 Å². The Morgan fingerprint density at radius 2 is 2.13 bits per heavy atom. The Balaban J connectivity index is 1.58. The second kappa shape index (κ2) is 7.91. The fraction of sp³-hybridized carbons (Fsp3) is 0.565. The Kier molecular flexibility index (Phi) is 5.22. The molecule has 0 amide bonds. The number of likely N-dealkylation sites (tertiary alicyclic amines) is 1. The molecule has 7 nitrogen and oxygen atoms in total. The summed E-state index contributed by atoms with van der Waals surface area (Å²) in [5.74, 6) is -0.796. The maximum atomic E-state index is 15.3. The Labute approximate surface area is 179 Å². The molecule has 166 valence electrons. The molecule has 1 aromatic carbocycles. The number of hydrogen-bond acceptors (Lipinski definition) is 5. The number of ether oxygens (including phenoxy) is 1. The van der Waals surface area contributed by atoms with E-state index < -0.39 is 17.2 Å². The fourth-order valence-corrected chi connectivity index (χ4v) is 5.32. The lowest BCUT2D eigenvalue weighted by Crippen LogP contribution is -2.53. The first kappa shape index (κ1) is 20.5. The first-order valence-electron chi connectivity index (χ1n) is 11.1. The number of nitrogens with zero attached hydrogens (tertiary/aromatic N) is 2. The number of carbonyl (C=O) groups is 1. The van der Waals surface area contributed by atoms with Gasteiger partial charge in [0.1, 0.15) is 11.4 Å². The average Bonchev–Trinajstić information content (AvgIpc) is 3.60. The van der Waals surface area contributed by atoms with Crippen molar-refractivity contribution in [1.29, 1.82) is 0 Å². The lowest BCUT2D eigenvalue weighted by molar-refractivity contribution is 0.0695. The molecule has 2 N–H and O–H groups in total. The van der Waals surface area contributed by atoms with Gasteiger partial charge in [0.15, 0.2) is 5.75 Å². The Bertz CT molecular complexity index is 1090. The molecule has 0 unspecified atom stereocenters. The second-order valence-electron chi connectivity index (χ2n) is 9.07. The molecule has 1 aliphatic carbocycles. The van der Waals surface area contributed by atoms with Gasteiger partial charge < -0.3 is 19.7 Å². The lowest BCUT2D eigenvalue weighted by Gasteiger charge is -2.42. The predicted molar refractivity (Wildman–Crippen MR) is 114 cm³/mol. The molecule has 2 saturated heterocycles. The van der Waals surface area contributed by atoms with Crippen molar-refractivity contribution in [3.05, 3.63) is 39.4 Å². The van der Waals surface area contributed by atoms with Gasteiger partial charge in [0, 0.05) is 36.9 Å². The molecule has 0 bridgehead atoms. The summed E-state index contributed by atoms with van der Waals surface area (Å²) in [4.78, 5) is 26.7. The predicted octanol–water partition coefficient (Wildman–Crippen LogP) is 2.76. The third-order valence-electron chi connectivity index (χ3n) is 7.07. The van der Waals surface area contributed by atoms with Crippen molar-refractivity contribution in [2.24, 2.45) is 5.92 Å². The maximum absolute atomic E-state index is 15.3. The van der Waals surface area contributed by atoms with Crippen molar-refractivity contribution in [1.82, 2.24) is 14.8 Å². The summed E-state index contributed by atoms with van der Waals surface area (Å²) in [7, 11) is 1.49. The molecule has 0 radical (unpaired) electrons. The van der Waals surface area contributed by atoms with Gasteiger partial charge in [-0.1, -0.05) is 0 Å². The third kappa shape index (κ3) is 3.61. The highest BCUT2D eigenvalue weighted by molar-refractivity contribution is 5.95. The van der Waals surface area contributed by atoms with Crippen LogP contribution in [0.5, 0.6) is 5.75 Å². The molecule has 2 aliphatic heterocycles. The summed E-state index contributed by atoms with van der Waals surface area (Å²) >= 11 is 0. The van der Waals surface area contributed by atoms with Crippen LogP contribution in [0.15, 0.2) is 17.1 Å². The van der Waals surface area contributed by atoms with Gasteiger partial charge in [-0.25, -0.2) is 9.18 Å². The SMILES string of the molecule is COc1c(CN2CC[C@@H]3CCCN[C@H]3C2)c(F)cc2c(=O)c(C(=O)O)cn(C3CC3)c12. The zero-order valence-electron chi connectivity index (χ0n) is 17.7.